The van der Waals surface area contributed by atoms with Crippen LogP contribution in [-0.4, -0.2) is 18.0 Å². The monoisotopic (exact) mass is 344 g/mol. The van der Waals surface area contributed by atoms with Crippen LogP contribution in [0.2, 0.25) is 5.02 Å². The lowest BCUT2D eigenvalue weighted by Crippen LogP contribution is -2.54. The molecule has 0 spiro atoms. The minimum absolute atomic E-state index is 0.00665. The Labute approximate surface area is 127 Å². The summed E-state index contributed by atoms with van der Waals surface area (Å²) in [6.45, 7) is 4.77. The van der Waals surface area contributed by atoms with Crippen molar-refractivity contribution in [2.75, 3.05) is 11.9 Å². The molecule has 0 bridgehead atoms. The van der Waals surface area contributed by atoms with Gasteiger partial charge in [-0.25, -0.2) is 0 Å². The summed E-state index contributed by atoms with van der Waals surface area (Å²) in [4.78, 5) is 12.4. The van der Waals surface area contributed by atoms with Crippen LogP contribution in [0.5, 0.6) is 0 Å². The molecule has 0 aromatic heterocycles. The standard InChI is InChI=1S/C14H18BrClN2O/c1-9-7-10(15)12(8-11(9)16)18-13(19)14(2)5-3-4-6-17-14/h7-8,17H,3-6H2,1-2H3,(H,18,19). The summed E-state index contributed by atoms with van der Waals surface area (Å²) in [5.74, 6) is -0.00665. The maximum Gasteiger partial charge on any atom is 0.244 e. The number of carbonyl (C=O) groups is 1. The highest BCUT2D eigenvalue weighted by molar-refractivity contribution is 9.10. The summed E-state index contributed by atoms with van der Waals surface area (Å²) in [6.07, 6.45) is 3.06. The van der Waals surface area contributed by atoms with Gasteiger partial charge in [0.1, 0.15) is 0 Å². The number of aryl methyl sites for hydroxylation is 1. The van der Waals surface area contributed by atoms with Gasteiger partial charge in [-0.1, -0.05) is 11.6 Å². The Kier molecular flexibility index (Phi) is 4.54. The van der Waals surface area contributed by atoms with Gasteiger partial charge in [-0.2, -0.15) is 0 Å². The number of anilines is 1. The summed E-state index contributed by atoms with van der Waals surface area (Å²) in [5.41, 5.74) is 1.21. The van der Waals surface area contributed by atoms with Crippen molar-refractivity contribution in [3.63, 3.8) is 0 Å². The fourth-order valence-corrected chi connectivity index (χ4v) is 2.97. The van der Waals surface area contributed by atoms with Crippen molar-refractivity contribution in [1.82, 2.24) is 5.32 Å². The lowest BCUT2D eigenvalue weighted by atomic mass is 9.90. The van der Waals surface area contributed by atoms with E-state index in [1.807, 2.05) is 19.9 Å². The largest absolute Gasteiger partial charge is 0.323 e. The zero-order chi connectivity index (χ0) is 14.0. The number of carbonyl (C=O) groups excluding carboxylic acids is 1. The van der Waals surface area contributed by atoms with Gasteiger partial charge in [0.2, 0.25) is 5.91 Å². The highest BCUT2D eigenvalue weighted by Gasteiger charge is 2.34. The van der Waals surface area contributed by atoms with Crippen LogP contribution in [0.1, 0.15) is 31.7 Å². The molecule has 1 atom stereocenters. The average Bonchev–Trinajstić information content (AvgIpc) is 2.36. The summed E-state index contributed by atoms with van der Waals surface area (Å²) >= 11 is 9.56. The number of halogens is 2. The quantitative estimate of drug-likeness (QED) is 0.854. The van der Waals surface area contributed by atoms with Gasteiger partial charge in [0.05, 0.1) is 11.2 Å². The molecule has 2 N–H and O–H groups in total. The van der Waals surface area contributed by atoms with Gasteiger partial charge in [-0.05, 0) is 73.3 Å². The fraction of sp³-hybridized carbons (Fsp3) is 0.500. The van der Waals surface area contributed by atoms with E-state index in [0.717, 1.165) is 35.8 Å². The van der Waals surface area contributed by atoms with E-state index in [9.17, 15) is 4.79 Å². The number of amides is 1. The van der Waals surface area contributed by atoms with Crippen molar-refractivity contribution in [3.05, 3.63) is 27.2 Å². The van der Waals surface area contributed by atoms with Crippen LogP contribution in [0.15, 0.2) is 16.6 Å². The number of nitrogens with one attached hydrogen (secondary N) is 2. The molecule has 1 amide bonds. The molecule has 1 aliphatic rings. The van der Waals surface area contributed by atoms with E-state index in [1.165, 1.54) is 0 Å². The van der Waals surface area contributed by atoms with Crippen molar-refractivity contribution < 1.29 is 4.79 Å². The Morgan fingerprint density at radius 1 is 1.47 bits per heavy atom. The maximum atomic E-state index is 12.4. The first-order valence-corrected chi connectivity index (χ1v) is 7.61. The molecule has 1 aliphatic heterocycles. The summed E-state index contributed by atoms with van der Waals surface area (Å²) in [6, 6.07) is 3.69. The van der Waals surface area contributed by atoms with Crippen LogP contribution in [0.3, 0.4) is 0 Å². The average molecular weight is 346 g/mol. The predicted molar refractivity (Wildman–Crippen MR) is 82.8 cm³/mol. The molecule has 3 nitrogen and oxygen atoms in total. The SMILES string of the molecule is Cc1cc(Br)c(NC(=O)C2(C)CCCCN2)cc1Cl. The van der Waals surface area contributed by atoms with Crippen LogP contribution in [0, 0.1) is 6.92 Å². The Hall–Kier alpha value is -0.580. The van der Waals surface area contributed by atoms with Crippen LogP contribution in [0.25, 0.3) is 0 Å². The smallest absolute Gasteiger partial charge is 0.244 e. The first-order valence-electron chi connectivity index (χ1n) is 6.44. The highest BCUT2D eigenvalue weighted by Crippen LogP contribution is 2.30. The molecule has 0 aliphatic carbocycles. The molecule has 0 radical (unpaired) electrons. The van der Waals surface area contributed by atoms with Crippen molar-refractivity contribution in [3.8, 4) is 0 Å². The summed E-state index contributed by atoms with van der Waals surface area (Å²) in [7, 11) is 0. The summed E-state index contributed by atoms with van der Waals surface area (Å²) in [5, 5.41) is 6.91. The van der Waals surface area contributed by atoms with Crippen molar-refractivity contribution in [1.29, 1.82) is 0 Å². The van der Waals surface area contributed by atoms with E-state index < -0.39 is 5.54 Å². The zero-order valence-corrected chi connectivity index (χ0v) is 13.5. The normalized spacial score (nSPS) is 23.2. The van der Waals surface area contributed by atoms with Crippen molar-refractivity contribution in [2.24, 2.45) is 0 Å². The van der Waals surface area contributed by atoms with Gasteiger partial charge in [-0.15, -0.1) is 0 Å². The molecule has 1 saturated heterocycles. The van der Waals surface area contributed by atoms with Gasteiger partial charge < -0.3 is 10.6 Å². The minimum atomic E-state index is -0.491. The Morgan fingerprint density at radius 2 is 2.21 bits per heavy atom. The fourth-order valence-electron chi connectivity index (χ4n) is 2.25. The summed E-state index contributed by atoms with van der Waals surface area (Å²) < 4.78 is 0.849. The van der Waals surface area contributed by atoms with Crippen LogP contribution in [0.4, 0.5) is 5.69 Å². The van der Waals surface area contributed by atoms with Gasteiger partial charge in [-0.3, -0.25) is 4.79 Å². The molecule has 19 heavy (non-hydrogen) atoms. The van der Waals surface area contributed by atoms with E-state index in [0.29, 0.717) is 10.7 Å². The Balaban J connectivity index is 2.16. The third kappa shape index (κ3) is 3.30. The molecule has 1 aromatic carbocycles. The van der Waals surface area contributed by atoms with Crippen LogP contribution < -0.4 is 10.6 Å². The zero-order valence-electron chi connectivity index (χ0n) is 11.1. The van der Waals surface area contributed by atoms with E-state index in [4.69, 9.17) is 11.6 Å². The Morgan fingerprint density at radius 3 is 2.84 bits per heavy atom. The number of benzene rings is 1. The number of hydrogen-bond donors (Lipinski definition) is 2. The molecule has 5 heteroatoms. The molecule has 0 saturated carbocycles. The number of rotatable bonds is 2. The van der Waals surface area contributed by atoms with Crippen LogP contribution in [-0.2, 0) is 4.79 Å². The topological polar surface area (TPSA) is 41.1 Å². The second kappa shape index (κ2) is 5.81. The van der Waals surface area contributed by atoms with E-state index in [-0.39, 0.29) is 5.91 Å². The van der Waals surface area contributed by atoms with Gasteiger partial charge in [0.15, 0.2) is 0 Å². The molecule has 1 aromatic rings. The molecular formula is C14H18BrClN2O. The number of hydrogen-bond acceptors (Lipinski definition) is 2. The molecule has 1 fully saturated rings. The van der Waals surface area contributed by atoms with Crippen LogP contribution >= 0.6 is 27.5 Å². The van der Waals surface area contributed by atoms with E-state index in [1.54, 1.807) is 6.07 Å². The highest BCUT2D eigenvalue weighted by atomic mass is 79.9. The van der Waals surface area contributed by atoms with Crippen molar-refractivity contribution in [2.45, 2.75) is 38.6 Å². The lowest BCUT2D eigenvalue weighted by Gasteiger charge is -2.33. The molecule has 1 heterocycles. The third-order valence-corrected chi connectivity index (χ3v) is 4.68. The lowest BCUT2D eigenvalue weighted by molar-refractivity contribution is -0.122. The van der Waals surface area contributed by atoms with E-state index in [2.05, 4.69) is 26.6 Å². The second-order valence-corrected chi connectivity index (χ2v) is 6.51. The minimum Gasteiger partial charge on any atom is -0.323 e. The molecule has 2 rings (SSSR count). The van der Waals surface area contributed by atoms with E-state index >= 15 is 0 Å². The Bertz CT molecular complexity index is 498. The second-order valence-electron chi connectivity index (χ2n) is 5.25. The van der Waals surface area contributed by atoms with Crippen molar-refractivity contribution >= 4 is 39.1 Å². The first-order chi connectivity index (χ1) is 8.92. The maximum absolute atomic E-state index is 12.4. The molecular weight excluding hydrogens is 328 g/mol. The van der Waals surface area contributed by atoms with Gasteiger partial charge in [0.25, 0.3) is 0 Å². The molecule has 1 unspecified atom stereocenters. The number of piperidine rings is 1. The molecule has 104 valence electrons. The van der Waals surface area contributed by atoms with Gasteiger partial charge >= 0.3 is 0 Å². The predicted octanol–water partition coefficient (Wildman–Crippen LogP) is 3.88. The third-order valence-electron chi connectivity index (χ3n) is 3.62. The first kappa shape index (κ1) is 14.8. The van der Waals surface area contributed by atoms with Gasteiger partial charge in [0, 0.05) is 9.50 Å².